The van der Waals surface area contributed by atoms with Crippen LogP contribution in [0.4, 0.5) is 0 Å². The molecule has 2 heterocycles. The van der Waals surface area contributed by atoms with E-state index in [9.17, 15) is 13.7 Å². The third-order valence-corrected chi connectivity index (χ3v) is 7.24. The zero-order chi connectivity index (χ0) is 15.0. The van der Waals surface area contributed by atoms with Crippen LogP contribution < -0.4 is 0 Å². The lowest BCUT2D eigenvalue weighted by molar-refractivity contribution is 0.325. The number of hydrogen-bond acceptors (Lipinski definition) is 5. The molecule has 1 saturated heterocycles. The number of rotatable bonds is 3. The standard InChI is InChI=1S/C11H15ClN4O2S2/c1-15-10(9(12)7-14-15)20(17,18)16-5-3-11(8-13,19-2)4-6-16/h7H,3-6H2,1-2H3. The maximum Gasteiger partial charge on any atom is 0.261 e. The van der Waals surface area contributed by atoms with Crippen LogP contribution in [0.1, 0.15) is 12.8 Å². The Bertz CT molecular complexity index is 622. The van der Waals surface area contributed by atoms with Gasteiger partial charge in [0, 0.05) is 20.1 Å². The first-order valence-corrected chi connectivity index (χ1v) is 9.05. The number of thioether (sulfide) groups is 1. The van der Waals surface area contributed by atoms with E-state index in [0.29, 0.717) is 25.9 Å². The fourth-order valence-electron chi connectivity index (χ4n) is 2.26. The Balaban J connectivity index is 2.25. The lowest BCUT2D eigenvalue weighted by atomic mass is 9.99. The number of hydrogen-bond donors (Lipinski definition) is 0. The van der Waals surface area contributed by atoms with Crippen molar-refractivity contribution < 1.29 is 8.42 Å². The Morgan fingerprint density at radius 2 is 2.10 bits per heavy atom. The van der Waals surface area contributed by atoms with Gasteiger partial charge in [0.15, 0.2) is 5.03 Å². The van der Waals surface area contributed by atoms with Crippen molar-refractivity contribution in [1.29, 1.82) is 5.26 Å². The second-order valence-electron chi connectivity index (χ2n) is 4.64. The second-order valence-corrected chi connectivity index (χ2v) is 8.09. The molecule has 0 N–H and O–H groups in total. The van der Waals surface area contributed by atoms with Crippen molar-refractivity contribution >= 4 is 33.4 Å². The highest BCUT2D eigenvalue weighted by atomic mass is 35.5. The average Bonchev–Trinajstić information content (AvgIpc) is 2.78. The largest absolute Gasteiger partial charge is 0.261 e. The number of nitrogens with zero attached hydrogens (tertiary/aromatic N) is 4. The van der Waals surface area contributed by atoms with Crippen LogP contribution in [0, 0.1) is 11.3 Å². The van der Waals surface area contributed by atoms with Crippen LogP contribution in [-0.4, -0.2) is 46.6 Å². The third kappa shape index (κ3) is 2.55. The number of halogens is 1. The van der Waals surface area contributed by atoms with Gasteiger partial charge in [-0.15, -0.1) is 11.8 Å². The molecule has 20 heavy (non-hydrogen) atoms. The summed E-state index contributed by atoms with van der Waals surface area (Å²) in [6.45, 7) is 0.635. The van der Waals surface area contributed by atoms with Gasteiger partial charge in [-0.3, -0.25) is 4.68 Å². The zero-order valence-electron chi connectivity index (χ0n) is 11.2. The molecular formula is C11H15ClN4O2S2. The number of aromatic nitrogens is 2. The van der Waals surface area contributed by atoms with Crippen molar-refractivity contribution in [1.82, 2.24) is 14.1 Å². The quantitative estimate of drug-likeness (QED) is 0.836. The van der Waals surface area contributed by atoms with Crippen LogP contribution in [0.15, 0.2) is 11.2 Å². The van der Waals surface area contributed by atoms with Gasteiger partial charge in [0.1, 0.15) is 4.75 Å². The molecule has 0 unspecified atom stereocenters. The fourth-order valence-corrected chi connectivity index (χ4v) is 4.99. The van der Waals surface area contributed by atoms with Gasteiger partial charge in [0.25, 0.3) is 10.0 Å². The SMILES string of the molecule is CSC1(C#N)CCN(S(=O)(=O)c2c(Cl)cnn2C)CC1. The molecule has 1 fully saturated rings. The van der Waals surface area contributed by atoms with Gasteiger partial charge in [-0.1, -0.05) is 11.6 Å². The summed E-state index contributed by atoms with van der Waals surface area (Å²) in [5, 5.41) is 13.2. The fraction of sp³-hybridized carbons (Fsp3) is 0.636. The molecule has 0 saturated carbocycles. The number of aryl methyl sites for hydroxylation is 1. The average molecular weight is 335 g/mol. The monoisotopic (exact) mass is 334 g/mol. The van der Waals surface area contributed by atoms with Crippen molar-refractivity contribution in [2.24, 2.45) is 7.05 Å². The van der Waals surface area contributed by atoms with E-state index in [1.807, 2.05) is 6.26 Å². The van der Waals surface area contributed by atoms with Crippen LogP contribution in [0.3, 0.4) is 0 Å². The molecule has 2 rings (SSSR count). The van der Waals surface area contributed by atoms with Crippen molar-refractivity contribution in [3.63, 3.8) is 0 Å². The first-order valence-electron chi connectivity index (χ1n) is 6.00. The first-order chi connectivity index (χ1) is 9.36. The van der Waals surface area contributed by atoms with Gasteiger partial charge < -0.3 is 0 Å². The van der Waals surface area contributed by atoms with Gasteiger partial charge >= 0.3 is 0 Å². The molecule has 6 nitrogen and oxygen atoms in total. The van der Waals surface area contributed by atoms with Gasteiger partial charge in [-0.05, 0) is 19.1 Å². The Morgan fingerprint density at radius 3 is 2.50 bits per heavy atom. The normalized spacial score (nSPS) is 19.7. The minimum Gasteiger partial charge on any atom is -0.255 e. The molecule has 110 valence electrons. The Kier molecular flexibility index (Phi) is 4.35. The lowest BCUT2D eigenvalue weighted by Crippen LogP contribution is -2.44. The van der Waals surface area contributed by atoms with E-state index in [0.717, 1.165) is 0 Å². The molecule has 0 radical (unpaired) electrons. The zero-order valence-corrected chi connectivity index (χ0v) is 13.6. The summed E-state index contributed by atoms with van der Waals surface area (Å²) in [4.78, 5) is 0. The highest BCUT2D eigenvalue weighted by Crippen LogP contribution is 2.36. The highest BCUT2D eigenvalue weighted by molar-refractivity contribution is 8.00. The smallest absolute Gasteiger partial charge is 0.255 e. The second kappa shape index (κ2) is 5.56. The molecule has 1 aliphatic rings. The predicted molar refractivity (Wildman–Crippen MR) is 78.1 cm³/mol. The van der Waals surface area contributed by atoms with Crippen LogP contribution in [0.25, 0.3) is 0 Å². The van der Waals surface area contributed by atoms with Crippen LogP contribution >= 0.6 is 23.4 Å². The number of piperidine rings is 1. The molecule has 0 amide bonds. The van der Waals surface area contributed by atoms with Crippen molar-refractivity contribution in [3.8, 4) is 6.07 Å². The van der Waals surface area contributed by atoms with E-state index in [-0.39, 0.29) is 10.0 Å². The molecule has 1 aliphatic heterocycles. The van der Waals surface area contributed by atoms with Gasteiger partial charge in [-0.25, -0.2) is 8.42 Å². The van der Waals surface area contributed by atoms with Crippen LogP contribution in [0.2, 0.25) is 5.02 Å². The summed E-state index contributed by atoms with van der Waals surface area (Å²) in [7, 11) is -2.12. The summed E-state index contributed by atoms with van der Waals surface area (Å²) in [5.41, 5.74) is 0. The summed E-state index contributed by atoms with van der Waals surface area (Å²) in [6.07, 6.45) is 4.23. The molecule has 0 aromatic carbocycles. The number of sulfonamides is 1. The Labute approximate surface area is 127 Å². The summed E-state index contributed by atoms with van der Waals surface area (Å²) in [6, 6.07) is 2.29. The summed E-state index contributed by atoms with van der Waals surface area (Å²) >= 11 is 7.40. The minimum atomic E-state index is -3.66. The molecule has 9 heteroatoms. The topological polar surface area (TPSA) is 79.0 Å². The van der Waals surface area contributed by atoms with Gasteiger partial charge in [0.2, 0.25) is 0 Å². The van der Waals surface area contributed by atoms with Crippen LogP contribution in [0.5, 0.6) is 0 Å². The van der Waals surface area contributed by atoms with Gasteiger partial charge in [0.05, 0.1) is 17.3 Å². The predicted octanol–water partition coefficient (Wildman–Crippen LogP) is 1.48. The molecule has 1 aromatic heterocycles. The maximum absolute atomic E-state index is 12.6. The molecule has 0 atom stereocenters. The van der Waals surface area contributed by atoms with E-state index in [4.69, 9.17) is 11.6 Å². The van der Waals surface area contributed by atoms with Crippen molar-refractivity contribution in [3.05, 3.63) is 11.2 Å². The molecule has 0 aliphatic carbocycles. The Hall–Kier alpha value is -0.750. The molecule has 0 bridgehead atoms. The van der Waals surface area contributed by atoms with E-state index < -0.39 is 14.8 Å². The van der Waals surface area contributed by atoms with E-state index in [2.05, 4.69) is 11.2 Å². The molecule has 1 aromatic rings. The van der Waals surface area contributed by atoms with Gasteiger partial charge in [-0.2, -0.15) is 14.7 Å². The maximum atomic E-state index is 12.6. The van der Waals surface area contributed by atoms with E-state index in [1.165, 1.54) is 26.9 Å². The highest BCUT2D eigenvalue weighted by Gasteiger charge is 2.39. The first kappa shape index (κ1) is 15.6. The lowest BCUT2D eigenvalue weighted by Gasteiger charge is -2.35. The minimum absolute atomic E-state index is 0.00720. The molecular weight excluding hydrogens is 320 g/mol. The molecule has 0 spiro atoms. The number of nitriles is 1. The summed E-state index contributed by atoms with van der Waals surface area (Å²) < 4.78 is 27.3. The third-order valence-electron chi connectivity index (χ3n) is 3.55. The van der Waals surface area contributed by atoms with Crippen molar-refractivity contribution in [2.75, 3.05) is 19.3 Å². The Morgan fingerprint density at radius 1 is 1.50 bits per heavy atom. The van der Waals surface area contributed by atoms with Crippen LogP contribution in [-0.2, 0) is 17.1 Å². The van der Waals surface area contributed by atoms with Crippen molar-refractivity contribution in [2.45, 2.75) is 22.6 Å². The van der Waals surface area contributed by atoms with E-state index in [1.54, 1.807) is 7.05 Å². The van der Waals surface area contributed by atoms with E-state index >= 15 is 0 Å². The summed E-state index contributed by atoms with van der Waals surface area (Å²) in [5.74, 6) is 0.